The average Bonchev–Trinajstić information content (AvgIpc) is 1.68. The van der Waals surface area contributed by atoms with Gasteiger partial charge in [0.25, 0.3) is 0 Å². The molecule has 4 aliphatic heterocycles. The fraction of sp³-hybridized carbons (Fsp3) is 0.284. The molecule has 0 aliphatic carbocycles. The first-order valence-electron chi connectivity index (χ1n) is 43.9. The van der Waals surface area contributed by atoms with Crippen molar-refractivity contribution in [2.45, 2.75) is 62.3 Å². The van der Waals surface area contributed by atoms with Gasteiger partial charge in [0.1, 0.15) is 71.9 Å². The predicted molar refractivity (Wildman–Crippen MR) is 503 cm³/mol. The summed E-state index contributed by atoms with van der Waals surface area (Å²) < 4.78 is 140. The van der Waals surface area contributed by atoms with Gasteiger partial charge in [0.15, 0.2) is 69.5 Å². The summed E-state index contributed by atoms with van der Waals surface area (Å²) in [5, 5.41) is 19.8. The Morgan fingerprint density at radius 2 is 0.548 bits per heavy atom. The smallest absolute Gasteiger partial charge is 0.227 e. The third kappa shape index (κ3) is 20.9. The molecular formula is C95H98F8N28O4. The van der Waals surface area contributed by atoms with Crippen LogP contribution in [-0.2, 0) is 0 Å². The van der Waals surface area contributed by atoms with Crippen molar-refractivity contribution in [3.05, 3.63) is 239 Å². The number of pyridine rings is 4. The van der Waals surface area contributed by atoms with Gasteiger partial charge in [-0.15, -0.1) is 0 Å². The highest BCUT2D eigenvalue weighted by molar-refractivity contribution is 5.87. The number of rotatable bonds is 21. The minimum Gasteiger partial charge on any atom is -0.435 e. The summed E-state index contributed by atoms with van der Waals surface area (Å²) in [4.78, 5) is 76.6. The Morgan fingerprint density at radius 3 is 0.785 bits per heavy atom. The van der Waals surface area contributed by atoms with Crippen LogP contribution >= 0.6 is 0 Å². The van der Waals surface area contributed by atoms with Gasteiger partial charge in [-0.3, -0.25) is 0 Å². The molecule has 4 fully saturated rings. The number of fused-ring (bicyclic) bond motifs is 4. The fourth-order valence-corrected chi connectivity index (χ4v) is 16.0. The van der Waals surface area contributed by atoms with Crippen LogP contribution in [0.15, 0.2) is 147 Å². The van der Waals surface area contributed by atoms with Gasteiger partial charge in [0.2, 0.25) is 23.5 Å². The lowest BCUT2D eigenvalue weighted by Gasteiger charge is -2.35. The monoisotopic (exact) mass is 1850 g/mol. The van der Waals surface area contributed by atoms with Crippen molar-refractivity contribution in [1.29, 1.82) is 0 Å². The van der Waals surface area contributed by atoms with Crippen LogP contribution in [0.5, 0.6) is 46.5 Å². The topological polar surface area (TPSA) is 346 Å². The minimum absolute atomic E-state index is 0.106. The number of ether oxygens (including phenoxy) is 4. The highest BCUT2D eigenvalue weighted by atomic mass is 19.2. The lowest BCUT2D eigenvalue weighted by Crippen LogP contribution is -2.46. The van der Waals surface area contributed by atoms with Gasteiger partial charge in [-0.1, -0.05) is 6.92 Å². The van der Waals surface area contributed by atoms with Crippen LogP contribution in [0, 0.1) is 102 Å². The van der Waals surface area contributed by atoms with Crippen molar-refractivity contribution < 1.29 is 54.1 Å². The molecule has 12 aromatic heterocycles. The van der Waals surface area contributed by atoms with Crippen molar-refractivity contribution in [2.75, 3.05) is 159 Å². The van der Waals surface area contributed by atoms with Crippen LogP contribution in [0.4, 0.5) is 104 Å². The maximum Gasteiger partial charge on any atom is 0.227 e. The lowest BCUT2D eigenvalue weighted by atomic mass is 10.2. The van der Waals surface area contributed by atoms with E-state index in [1.54, 1.807) is 61.5 Å². The van der Waals surface area contributed by atoms with Gasteiger partial charge in [-0.25, -0.2) is 94.9 Å². The van der Waals surface area contributed by atoms with E-state index in [-0.39, 0.29) is 90.1 Å². The molecule has 135 heavy (non-hydrogen) atoms. The van der Waals surface area contributed by atoms with E-state index in [0.717, 1.165) is 158 Å². The number of hydrogen-bond donors (Lipinski definition) is 10. The molecule has 0 atom stereocenters. The normalized spacial score (nSPS) is 14.3. The van der Waals surface area contributed by atoms with Gasteiger partial charge in [-0.05, 0) is 142 Å². The zero-order chi connectivity index (χ0) is 94.2. The Labute approximate surface area is 770 Å². The van der Waals surface area contributed by atoms with Crippen molar-refractivity contribution in [3.8, 4) is 46.5 Å². The van der Waals surface area contributed by atoms with E-state index in [4.69, 9.17) is 18.9 Å². The van der Waals surface area contributed by atoms with Gasteiger partial charge in [0.05, 0.1) is 91.9 Å². The zero-order valence-corrected chi connectivity index (χ0v) is 75.6. The molecule has 698 valence electrons. The average molecular weight is 1850 g/mol. The van der Waals surface area contributed by atoms with E-state index >= 15 is 0 Å². The number of nitrogens with zero attached hydrogens (tertiary/aromatic N) is 18. The highest BCUT2D eigenvalue weighted by Crippen LogP contribution is 2.41. The van der Waals surface area contributed by atoms with Gasteiger partial charge in [0, 0.05) is 173 Å². The number of likely N-dealkylation sites (N-methyl/N-ethyl adjacent to an activating group) is 2. The standard InChI is InChI=1S/C25H27F2N7O.C24H25F2N7O.2C23H23F2N7O/c1-4-33-7-9-34(10-8-33)17-5-6-21(28-13-17)32-24-16(3)25(30-14-29-24)35-20-12-19(26)23-18(22(20)27)11-15(2)31-23;1-14-10-17-21(26)19(11-18(25)22(17)30-14)34-24-15(2)23(28-13-29-24)31-20-5-4-16(12-27-20)33-8-6-32(3)7-9-33;2*1-13-9-16-20(25)18(10-17(24)21(16)30-13)33-23-14(2)22(28-12-29-23)31-19-4-3-15(11-27-19)32-7-5-26-6-8-32/h5-6,11-14,31H,4,7-10H2,1-3H3,(H,28,29,30,32);4-5,10-13,30H,6-9H2,1-3H3,(H,27,28,29,31);2*3-4,9-12,26,30H,5-8H2,1-2H3,(H,27,28,29,31). The molecule has 10 N–H and O–H groups in total. The van der Waals surface area contributed by atoms with E-state index in [1.165, 1.54) is 43.5 Å². The molecule has 0 spiro atoms. The highest BCUT2D eigenvalue weighted by Gasteiger charge is 2.27. The Bertz CT molecular complexity index is 6720. The van der Waals surface area contributed by atoms with Crippen LogP contribution in [0.3, 0.4) is 0 Å². The molecule has 4 saturated heterocycles. The van der Waals surface area contributed by atoms with Crippen molar-refractivity contribution in [1.82, 2.24) is 100 Å². The molecule has 4 aromatic carbocycles. The largest absolute Gasteiger partial charge is 0.435 e. The molecule has 40 heteroatoms. The molecule has 0 saturated carbocycles. The summed E-state index contributed by atoms with van der Waals surface area (Å²) >= 11 is 0. The van der Waals surface area contributed by atoms with Crippen LogP contribution in [0.25, 0.3) is 43.6 Å². The predicted octanol–water partition coefficient (Wildman–Crippen LogP) is 17.8. The quantitative estimate of drug-likeness (QED) is 0.0299. The zero-order valence-electron chi connectivity index (χ0n) is 75.6. The van der Waals surface area contributed by atoms with E-state index in [9.17, 15) is 35.1 Å². The van der Waals surface area contributed by atoms with Crippen LogP contribution in [0.1, 0.15) is 52.0 Å². The maximum absolute atomic E-state index is 15.0. The Morgan fingerprint density at radius 1 is 0.304 bits per heavy atom. The third-order valence-corrected chi connectivity index (χ3v) is 23.6. The first-order chi connectivity index (χ1) is 65.3. The summed E-state index contributed by atoms with van der Waals surface area (Å²) in [5.74, 6) is -1.28. The maximum atomic E-state index is 15.0. The van der Waals surface area contributed by atoms with E-state index in [1.807, 2.05) is 73.3 Å². The van der Waals surface area contributed by atoms with Crippen molar-refractivity contribution in [3.63, 3.8) is 0 Å². The van der Waals surface area contributed by atoms with E-state index in [0.29, 0.717) is 91.6 Å². The van der Waals surface area contributed by atoms with E-state index in [2.05, 4.69) is 155 Å². The van der Waals surface area contributed by atoms with Crippen LogP contribution in [-0.4, -0.2) is 208 Å². The Balaban J connectivity index is 0.000000125. The number of nitrogens with one attached hydrogen (secondary N) is 10. The summed E-state index contributed by atoms with van der Waals surface area (Å²) in [7, 11) is 2.12. The second-order valence-electron chi connectivity index (χ2n) is 33.0. The van der Waals surface area contributed by atoms with E-state index < -0.39 is 46.5 Å². The fourth-order valence-electron chi connectivity index (χ4n) is 16.0. The first kappa shape index (κ1) is 91.7. The first-order valence-corrected chi connectivity index (χ1v) is 43.9. The molecule has 0 radical (unpaired) electrons. The third-order valence-electron chi connectivity index (χ3n) is 23.6. The number of aromatic nitrogens is 16. The summed E-state index contributed by atoms with van der Waals surface area (Å²) in [6.07, 6.45) is 12.5. The van der Waals surface area contributed by atoms with Gasteiger partial charge < -0.3 is 100 Å². The molecule has 20 rings (SSSR count). The number of halogens is 8. The Hall–Kier alpha value is -15.2. The number of benzene rings is 4. The number of hydrogen-bond acceptors (Lipinski definition) is 28. The van der Waals surface area contributed by atoms with Gasteiger partial charge >= 0.3 is 0 Å². The molecule has 16 aromatic rings. The molecule has 0 unspecified atom stereocenters. The molecule has 0 bridgehead atoms. The molecule has 4 aliphatic rings. The molecule has 16 heterocycles. The molecule has 0 amide bonds. The SMILES string of the molecule is CCN1CCN(c2ccc(Nc3ncnc(Oc4cc(F)c5[nH]c(C)cc5c4F)c3C)nc2)CC1.Cc1cc2c(F)c(Oc3ncnc(Nc4ccc(N5CCN(C)CC5)cn4)c3C)cc(F)c2[nH]1.Cc1cc2c(F)c(Oc3ncnc(Nc4ccc(N5CCNCC5)cn4)c3C)cc(F)c2[nH]1.Cc1cc2c(F)c(Oc3ncnc(Nc4ccc(N5CCNCC5)cn4)c3C)cc(F)c2[nH]1. The van der Waals surface area contributed by atoms with Crippen molar-refractivity contribution in [2.24, 2.45) is 0 Å². The number of aromatic amines is 4. The van der Waals surface area contributed by atoms with Crippen molar-refractivity contribution >= 4 is 113 Å². The summed E-state index contributed by atoms with van der Waals surface area (Å²) in [6.45, 7) is 32.7. The second-order valence-corrected chi connectivity index (χ2v) is 33.0. The van der Waals surface area contributed by atoms with Gasteiger partial charge in [-0.2, -0.15) is 0 Å². The number of H-pyrrole nitrogens is 4. The Kier molecular flexibility index (Phi) is 27.5. The molecule has 32 nitrogen and oxygen atoms in total. The number of aryl methyl sites for hydroxylation is 4. The molecular weight excluding hydrogens is 1750 g/mol. The second kappa shape index (κ2) is 40.5. The number of anilines is 12. The minimum atomic E-state index is -0.659. The van der Waals surface area contributed by atoms with Crippen LogP contribution < -0.4 is 70.4 Å². The number of piperazine rings is 4. The lowest BCUT2D eigenvalue weighted by molar-refractivity contribution is 0.271. The summed E-state index contributed by atoms with van der Waals surface area (Å²) in [5.41, 5.74) is 9.44. The van der Waals surface area contributed by atoms with Crippen LogP contribution in [0.2, 0.25) is 0 Å². The summed E-state index contributed by atoms with van der Waals surface area (Å²) in [6, 6.07) is 25.8.